The van der Waals surface area contributed by atoms with Gasteiger partial charge in [-0.2, -0.15) is 0 Å². The third-order valence-electron chi connectivity index (χ3n) is 2.22. The van der Waals surface area contributed by atoms with Crippen molar-refractivity contribution in [2.75, 3.05) is 27.2 Å². The van der Waals surface area contributed by atoms with Gasteiger partial charge in [0.1, 0.15) is 6.04 Å². The minimum Gasteiger partial charge on any atom is -0.343 e. The molecule has 0 aliphatic carbocycles. The maximum Gasteiger partial charge on any atom is 0.247 e. The zero-order valence-corrected chi connectivity index (χ0v) is 7.70. The molecule has 68 valence electrons. The van der Waals surface area contributed by atoms with Crippen LogP contribution in [0.25, 0.3) is 0 Å². The van der Waals surface area contributed by atoms with Gasteiger partial charge in [-0.15, -0.1) is 0 Å². The van der Waals surface area contributed by atoms with Crippen molar-refractivity contribution in [2.45, 2.75) is 13.0 Å². The summed E-state index contributed by atoms with van der Waals surface area (Å²) >= 11 is 0. The van der Waals surface area contributed by atoms with Gasteiger partial charge in [0.2, 0.25) is 5.91 Å². The average molecular weight is 170 g/mol. The van der Waals surface area contributed by atoms with Crippen molar-refractivity contribution in [1.82, 2.24) is 9.80 Å². The molecule has 0 spiro atoms. The molecule has 4 nitrogen and oxygen atoms in total. The third-order valence-corrected chi connectivity index (χ3v) is 2.22. The van der Waals surface area contributed by atoms with E-state index in [2.05, 4.69) is 0 Å². The molecule has 1 rings (SSSR count). The molecule has 1 aliphatic heterocycles. The molecule has 0 N–H and O–H groups in total. The van der Waals surface area contributed by atoms with E-state index in [1.807, 2.05) is 0 Å². The first-order valence-corrected chi connectivity index (χ1v) is 3.99. The molecule has 1 heterocycles. The highest BCUT2D eigenvalue weighted by Crippen LogP contribution is 2.08. The van der Waals surface area contributed by atoms with Gasteiger partial charge in [-0.25, -0.2) is 0 Å². The summed E-state index contributed by atoms with van der Waals surface area (Å²) in [6, 6.07) is -0.552. The van der Waals surface area contributed by atoms with E-state index in [1.54, 1.807) is 23.9 Å². The molecule has 1 amide bonds. The van der Waals surface area contributed by atoms with Gasteiger partial charge < -0.3 is 4.90 Å². The van der Waals surface area contributed by atoms with E-state index in [9.17, 15) is 9.59 Å². The topological polar surface area (TPSA) is 40.6 Å². The SMILES string of the molecule is CC(=O)C1C(=O)N(C)CCN1C. The first-order chi connectivity index (χ1) is 5.54. The van der Waals surface area contributed by atoms with Crippen LogP contribution in [-0.4, -0.2) is 54.7 Å². The summed E-state index contributed by atoms with van der Waals surface area (Å²) in [7, 11) is 3.53. The summed E-state index contributed by atoms with van der Waals surface area (Å²) in [6.07, 6.45) is 0. The number of Topliss-reactive ketones (excluding diaryl/α,β-unsaturated/α-hetero) is 1. The minimum atomic E-state index is -0.552. The zero-order chi connectivity index (χ0) is 9.30. The molecule has 0 aromatic rings. The fourth-order valence-corrected chi connectivity index (χ4v) is 1.43. The first kappa shape index (κ1) is 9.19. The molecule has 1 unspecified atom stereocenters. The maximum absolute atomic E-state index is 11.4. The molecule has 4 heteroatoms. The zero-order valence-electron chi connectivity index (χ0n) is 7.70. The molecule has 0 radical (unpaired) electrons. The molecule has 0 aromatic carbocycles. The lowest BCUT2D eigenvalue weighted by molar-refractivity contribution is -0.144. The second kappa shape index (κ2) is 3.23. The smallest absolute Gasteiger partial charge is 0.247 e. The predicted octanol–water partition coefficient (Wildman–Crippen LogP) is -0.652. The van der Waals surface area contributed by atoms with Gasteiger partial charge in [-0.1, -0.05) is 0 Å². The van der Waals surface area contributed by atoms with E-state index in [4.69, 9.17) is 0 Å². The number of rotatable bonds is 1. The molecule has 1 atom stereocenters. The Morgan fingerprint density at radius 3 is 2.42 bits per heavy atom. The molecule has 0 saturated carbocycles. The van der Waals surface area contributed by atoms with Gasteiger partial charge in [0.15, 0.2) is 5.78 Å². The van der Waals surface area contributed by atoms with Crippen LogP contribution in [0.4, 0.5) is 0 Å². The molecule has 0 bridgehead atoms. The van der Waals surface area contributed by atoms with E-state index in [-0.39, 0.29) is 11.7 Å². The van der Waals surface area contributed by atoms with E-state index < -0.39 is 6.04 Å². The van der Waals surface area contributed by atoms with Crippen LogP contribution in [0.3, 0.4) is 0 Å². The second-order valence-corrected chi connectivity index (χ2v) is 3.25. The number of carbonyl (C=O) groups is 2. The number of ketones is 1. The summed E-state index contributed by atoms with van der Waals surface area (Å²) in [5.74, 6) is -0.162. The van der Waals surface area contributed by atoms with Gasteiger partial charge >= 0.3 is 0 Å². The fourth-order valence-electron chi connectivity index (χ4n) is 1.43. The Kier molecular flexibility index (Phi) is 2.47. The van der Waals surface area contributed by atoms with Crippen LogP contribution in [-0.2, 0) is 9.59 Å². The van der Waals surface area contributed by atoms with Gasteiger partial charge in [0.05, 0.1) is 0 Å². The lowest BCUT2D eigenvalue weighted by atomic mass is 10.1. The van der Waals surface area contributed by atoms with Crippen molar-refractivity contribution in [3.8, 4) is 0 Å². The lowest BCUT2D eigenvalue weighted by Crippen LogP contribution is -2.56. The van der Waals surface area contributed by atoms with Crippen molar-refractivity contribution >= 4 is 11.7 Å². The first-order valence-electron chi connectivity index (χ1n) is 3.99. The highest BCUT2D eigenvalue weighted by molar-refractivity contribution is 6.04. The Labute approximate surface area is 72.1 Å². The Morgan fingerprint density at radius 1 is 1.42 bits per heavy atom. The Balaban J connectivity index is 2.79. The average Bonchev–Trinajstić information content (AvgIpc) is 1.97. The second-order valence-electron chi connectivity index (χ2n) is 3.25. The number of piperazine rings is 1. The Hall–Kier alpha value is -0.900. The van der Waals surface area contributed by atoms with E-state index in [1.165, 1.54) is 6.92 Å². The van der Waals surface area contributed by atoms with Gasteiger partial charge in [0.25, 0.3) is 0 Å². The van der Waals surface area contributed by atoms with Crippen LogP contribution in [0, 0.1) is 0 Å². The standard InChI is InChI=1S/C8H14N2O2/c1-6(11)7-8(12)10(3)5-4-9(7)2/h7H,4-5H2,1-3H3. The molecular formula is C8H14N2O2. The van der Waals surface area contributed by atoms with Crippen LogP contribution in [0.5, 0.6) is 0 Å². The number of carbonyl (C=O) groups excluding carboxylic acids is 2. The Morgan fingerprint density at radius 2 is 2.00 bits per heavy atom. The molecule has 0 aromatic heterocycles. The number of hydrogen-bond donors (Lipinski definition) is 0. The molecule has 12 heavy (non-hydrogen) atoms. The molecule has 1 aliphatic rings. The maximum atomic E-state index is 11.4. The van der Waals surface area contributed by atoms with Crippen LogP contribution in [0.15, 0.2) is 0 Å². The van der Waals surface area contributed by atoms with E-state index >= 15 is 0 Å². The van der Waals surface area contributed by atoms with Crippen molar-refractivity contribution in [3.63, 3.8) is 0 Å². The van der Waals surface area contributed by atoms with Crippen molar-refractivity contribution in [1.29, 1.82) is 0 Å². The summed E-state index contributed by atoms with van der Waals surface area (Å²) in [6.45, 7) is 2.93. The summed E-state index contributed by atoms with van der Waals surface area (Å²) < 4.78 is 0. The predicted molar refractivity (Wildman–Crippen MR) is 44.7 cm³/mol. The molecule has 1 fully saturated rings. The summed E-state index contributed by atoms with van der Waals surface area (Å²) in [5.41, 5.74) is 0. The number of hydrogen-bond acceptors (Lipinski definition) is 3. The molecular weight excluding hydrogens is 156 g/mol. The molecule has 1 saturated heterocycles. The van der Waals surface area contributed by atoms with Crippen LogP contribution in [0.2, 0.25) is 0 Å². The third kappa shape index (κ3) is 1.48. The Bertz CT molecular complexity index is 215. The largest absolute Gasteiger partial charge is 0.343 e. The highest BCUT2D eigenvalue weighted by Gasteiger charge is 2.33. The highest BCUT2D eigenvalue weighted by atomic mass is 16.2. The van der Waals surface area contributed by atoms with Crippen molar-refractivity contribution in [2.24, 2.45) is 0 Å². The number of likely N-dealkylation sites (N-methyl/N-ethyl adjacent to an activating group) is 2. The fraction of sp³-hybridized carbons (Fsp3) is 0.750. The van der Waals surface area contributed by atoms with E-state index in [0.717, 1.165) is 6.54 Å². The monoisotopic (exact) mass is 170 g/mol. The van der Waals surface area contributed by atoms with Crippen LogP contribution >= 0.6 is 0 Å². The normalized spacial score (nSPS) is 26.1. The summed E-state index contributed by atoms with van der Waals surface area (Å²) in [4.78, 5) is 25.9. The number of amides is 1. The minimum absolute atomic E-state index is 0.0750. The van der Waals surface area contributed by atoms with E-state index in [0.29, 0.717) is 6.54 Å². The van der Waals surface area contributed by atoms with Crippen LogP contribution in [0.1, 0.15) is 6.92 Å². The quantitative estimate of drug-likeness (QED) is 0.491. The number of nitrogens with zero attached hydrogens (tertiary/aromatic N) is 2. The van der Waals surface area contributed by atoms with Gasteiger partial charge in [-0.3, -0.25) is 14.5 Å². The van der Waals surface area contributed by atoms with Crippen molar-refractivity contribution < 1.29 is 9.59 Å². The van der Waals surface area contributed by atoms with Crippen molar-refractivity contribution in [3.05, 3.63) is 0 Å². The van der Waals surface area contributed by atoms with Gasteiger partial charge in [-0.05, 0) is 14.0 Å². The summed E-state index contributed by atoms with van der Waals surface area (Å²) in [5, 5.41) is 0. The van der Waals surface area contributed by atoms with Gasteiger partial charge in [0, 0.05) is 20.1 Å². The van der Waals surface area contributed by atoms with Crippen LogP contribution < -0.4 is 0 Å². The lowest BCUT2D eigenvalue weighted by Gasteiger charge is -2.35.